The van der Waals surface area contributed by atoms with Crippen molar-refractivity contribution in [3.8, 4) is 0 Å². The highest BCUT2D eigenvalue weighted by Gasteiger charge is 1.94. The van der Waals surface area contributed by atoms with Gasteiger partial charge in [0, 0.05) is 24.5 Å². The van der Waals surface area contributed by atoms with E-state index in [1.54, 1.807) is 12.2 Å². The second-order valence-corrected chi connectivity index (χ2v) is 2.55. The van der Waals surface area contributed by atoms with Crippen LogP contribution in [0.2, 0.25) is 0 Å². The van der Waals surface area contributed by atoms with Gasteiger partial charge in [-0.3, -0.25) is 0 Å². The highest BCUT2D eigenvalue weighted by Crippen LogP contribution is 2.04. The Labute approximate surface area is 76.6 Å². The number of nitrogens with zero attached hydrogens (tertiary/aromatic N) is 1. The first-order valence-electron chi connectivity index (χ1n) is 3.91. The lowest BCUT2D eigenvalue weighted by atomic mass is 10.3. The molecule has 0 spiro atoms. The van der Waals surface area contributed by atoms with Gasteiger partial charge in [-0.2, -0.15) is 0 Å². The van der Waals surface area contributed by atoms with E-state index in [-0.39, 0.29) is 0 Å². The van der Waals surface area contributed by atoms with Gasteiger partial charge in [0.15, 0.2) is 0 Å². The van der Waals surface area contributed by atoms with Gasteiger partial charge in [0.25, 0.3) is 0 Å². The summed E-state index contributed by atoms with van der Waals surface area (Å²) < 4.78 is 1.91. The zero-order chi connectivity index (χ0) is 9.68. The topological polar surface area (TPSA) is 42.2 Å². The molecule has 0 aromatic carbocycles. The van der Waals surface area contributed by atoms with E-state index < -0.39 is 5.97 Å². The summed E-state index contributed by atoms with van der Waals surface area (Å²) in [5, 5.41) is 8.42. The zero-order valence-electron chi connectivity index (χ0n) is 7.18. The molecule has 1 rings (SSSR count). The molecule has 13 heavy (non-hydrogen) atoms. The lowest BCUT2D eigenvalue weighted by molar-refractivity contribution is -0.131. The highest BCUT2D eigenvalue weighted by molar-refractivity contribution is 5.84. The third-order valence-corrected chi connectivity index (χ3v) is 1.59. The minimum atomic E-state index is -0.939. The highest BCUT2D eigenvalue weighted by atomic mass is 16.4. The molecule has 0 radical (unpaired) electrons. The number of carboxylic acids is 1. The number of rotatable bonds is 4. The fraction of sp³-hybridized carbons (Fsp3) is 0.100. The number of aromatic nitrogens is 1. The molecule has 0 aliphatic rings. The standard InChI is InChI=1S/C10H11NO2/c1-2-7-11-8-3-4-9(11)5-6-10(12)13/h2-6,8H,1,7H2,(H,12,13)/b6-5+. The van der Waals surface area contributed by atoms with Crippen LogP contribution in [0.5, 0.6) is 0 Å². The SMILES string of the molecule is C=CCn1cccc1/C=C/C(=O)O. The molecule has 1 heterocycles. The van der Waals surface area contributed by atoms with Crippen LogP contribution in [0, 0.1) is 0 Å². The van der Waals surface area contributed by atoms with E-state index in [9.17, 15) is 4.79 Å². The van der Waals surface area contributed by atoms with Crippen LogP contribution in [-0.4, -0.2) is 15.6 Å². The number of allylic oxidation sites excluding steroid dienone is 1. The van der Waals surface area contributed by atoms with Crippen molar-refractivity contribution in [2.24, 2.45) is 0 Å². The van der Waals surface area contributed by atoms with Crippen molar-refractivity contribution in [1.29, 1.82) is 0 Å². The Morgan fingerprint density at radius 1 is 1.69 bits per heavy atom. The molecule has 3 heteroatoms. The van der Waals surface area contributed by atoms with Gasteiger partial charge in [-0.1, -0.05) is 6.08 Å². The van der Waals surface area contributed by atoms with E-state index >= 15 is 0 Å². The van der Waals surface area contributed by atoms with Crippen LogP contribution in [0.3, 0.4) is 0 Å². The van der Waals surface area contributed by atoms with Crippen molar-refractivity contribution in [2.45, 2.75) is 6.54 Å². The maximum Gasteiger partial charge on any atom is 0.328 e. The molecular weight excluding hydrogens is 166 g/mol. The molecule has 0 amide bonds. The Bertz CT molecular complexity index is 336. The minimum Gasteiger partial charge on any atom is -0.478 e. The normalized spacial score (nSPS) is 10.5. The van der Waals surface area contributed by atoms with Gasteiger partial charge in [-0.25, -0.2) is 4.79 Å². The van der Waals surface area contributed by atoms with Crippen molar-refractivity contribution in [3.63, 3.8) is 0 Å². The van der Waals surface area contributed by atoms with Gasteiger partial charge in [0.05, 0.1) is 0 Å². The fourth-order valence-electron chi connectivity index (χ4n) is 1.04. The Morgan fingerprint density at radius 2 is 2.46 bits per heavy atom. The van der Waals surface area contributed by atoms with Crippen molar-refractivity contribution in [3.05, 3.63) is 42.8 Å². The van der Waals surface area contributed by atoms with E-state index in [1.165, 1.54) is 0 Å². The number of hydrogen-bond donors (Lipinski definition) is 1. The summed E-state index contributed by atoms with van der Waals surface area (Å²) >= 11 is 0. The Kier molecular flexibility index (Phi) is 3.09. The molecule has 1 aromatic heterocycles. The van der Waals surface area contributed by atoms with Crippen LogP contribution in [0.25, 0.3) is 6.08 Å². The lowest BCUT2D eigenvalue weighted by Gasteiger charge is -2.00. The minimum absolute atomic E-state index is 0.687. The summed E-state index contributed by atoms with van der Waals surface area (Å²) in [5.74, 6) is -0.939. The molecule has 3 nitrogen and oxygen atoms in total. The summed E-state index contributed by atoms with van der Waals surface area (Å²) in [4.78, 5) is 10.2. The predicted octanol–water partition coefficient (Wildman–Crippen LogP) is 1.77. The van der Waals surface area contributed by atoms with E-state index in [2.05, 4.69) is 6.58 Å². The smallest absolute Gasteiger partial charge is 0.328 e. The molecule has 0 bridgehead atoms. The summed E-state index contributed by atoms with van der Waals surface area (Å²) in [6.45, 7) is 4.30. The van der Waals surface area contributed by atoms with Gasteiger partial charge in [0.2, 0.25) is 0 Å². The predicted molar refractivity (Wildman–Crippen MR) is 51.3 cm³/mol. The van der Waals surface area contributed by atoms with Gasteiger partial charge in [-0.15, -0.1) is 6.58 Å². The molecule has 0 unspecified atom stereocenters. The summed E-state index contributed by atoms with van der Waals surface area (Å²) in [5.41, 5.74) is 0.863. The van der Waals surface area contributed by atoms with E-state index in [0.717, 1.165) is 11.8 Å². The molecule has 0 atom stereocenters. The lowest BCUT2D eigenvalue weighted by Crippen LogP contribution is -1.95. The Balaban J connectivity index is 2.81. The van der Waals surface area contributed by atoms with E-state index in [1.807, 2.05) is 22.9 Å². The molecule has 0 aliphatic carbocycles. The van der Waals surface area contributed by atoms with Gasteiger partial charge < -0.3 is 9.67 Å². The van der Waals surface area contributed by atoms with E-state index in [0.29, 0.717) is 6.54 Å². The summed E-state index contributed by atoms with van der Waals surface area (Å²) in [7, 11) is 0. The first-order chi connectivity index (χ1) is 6.24. The largest absolute Gasteiger partial charge is 0.478 e. The number of carboxylic acid groups (broad SMARTS) is 1. The average Bonchev–Trinajstić information content (AvgIpc) is 2.49. The van der Waals surface area contributed by atoms with Crippen molar-refractivity contribution >= 4 is 12.0 Å². The van der Waals surface area contributed by atoms with Gasteiger partial charge in [-0.05, 0) is 18.2 Å². The summed E-state index contributed by atoms with van der Waals surface area (Å²) in [6, 6.07) is 3.72. The Morgan fingerprint density at radius 3 is 3.08 bits per heavy atom. The number of hydrogen-bond acceptors (Lipinski definition) is 1. The average molecular weight is 177 g/mol. The van der Waals surface area contributed by atoms with Gasteiger partial charge in [0.1, 0.15) is 0 Å². The monoisotopic (exact) mass is 177 g/mol. The van der Waals surface area contributed by atoms with Crippen LogP contribution in [-0.2, 0) is 11.3 Å². The van der Waals surface area contributed by atoms with Crippen molar-refractivity contribution in [1.82, 2.24) is 4.57 Å². The molecule has 68 valence electrons. The van der Waals surface area contributed by atoms with Crippen LogP contribution in [0.15, 0.2) is 37.1 Å². The first kappa shape index (κ1) is 9.32. The summed E-state index contributed by atoms with van der Waals surface area (Å²) in [6.07, 6.45) is 6.32. The molecular formula is C10H11NO2. The molecule has 0 fully saturated rings. The van der Waals surface area contributed by atoms with Crippen LogP contribution < -0.4 is 0 Å². The number of carbonyl (C=O) groups is 1. The third-order valence-electron chi connectivity index (χ3n) is 1.59. The van der Waals surface area contributed by atoms with Crippen molar-refractivity contribution < 1.29 is 9.90 Å². The molecule has 0 saturated heterocycles. The fourth-order valence-corrected chi connectivity index (χ4v) is 1.04. The molecule has 1 aromatic rings. The second-order valence-electron chi connectivity index (χ2n) is 2.55. The molecule has 0 aliphatic heterocycles. The molecule has 0 saturated carbocycles. The maximum absolute atomic E-state index is 10.2. The maximum atomic E-state index is 10.2. The number of aliphatic carboxylic acids is 1. The zero-order valence-corrected chi connectivity index (χ0v) is 7.18. The van der Waals surface area contributed by atoms with Crippen LogP contribution in [0.4, 0.5) is 0 Å². The quantitative estimate of drug-likeness (QED) is 0.562. The molecule has 1 N–H and O–H groups in total. The van der Waals surface area contributed by atoms with Gasteiger partial charge >= 0.3 is 5.97 Å². The Hall–Kier alpha value is -1.77. The third kappa shape index (κ3) is 2.63. The van der Waals surface area contributed by atoms with E-state index in [4.69, 9.17) is 5.11 Å². The second kappa shape index (κ2) is 4.30. The van der Waals surface area contributed by atoms with Crippen molar-refractivity contribution in [2.75, 3.05) is 0 Å². The first-order valence-corrected chi connectivity index (χ1v) is 3.91. The van der Waals surface area contributed by atoms with Crippen LogP contribution >= 0.6 is 0 Å². The van der Waals surface area contributed by atoms with Crippen LogP contribution in [0.1, 0.15) is 5.69 Å².